The van der Waals surface area contributed by atoms with Gasteiger partial charge in [0.1, 0.15) is 0 Å². The van der Waals surface area contributed by atoms with Crippen molar-refractivity contribution in [1.82, 2.24) is 10.6 Å². The minimum absolute atomic E-state index is 0.130. The zero-order valence-corrected chi connectivity index (χ0v) is 14.3. The van der Waals surface area contributed by atoms with Crippen LogP contribution in [0.15, 0.2) is 18.2 Å². The van der Waals surface area contributed by atoms with Gasteiger partial charge < -0.3 is 14.8 Å². The Morgan fingerprint density at radius 3 is 2.64 bits per heavy atom. The van der Waals surface area contributed by atoms with E-state index in [1.165, 1.54) is 6.42 Å². The fourth-order valence-corrected chi connectivity index (χ4v) is 2.74. The van der Waals surface area contributed by atoms with E-state index >= 15 is 0 Å². The lowest BCUT2D eigenvalue weighted by Gasteiger charge is -2.22. The summed E-state index contributed by atoms with van der Waals surface area (Å²) in [4.78, 5) is 23.7. The summed E-state index contributed by atoms with van der Waals surface area (Å²) in [6.07, 6.45) is 5.28. The summed E-state index contributed by atoms with van der Waals surface area (Å²) in [5, 5.41) is 14.0. The molecule has 0 radical (unpaired) electrons. The zero-order valence-electron chi connectivity index (χ0n) is 14.3. The van der Waals surface area contributed by atoms with Gasteiger partial charge in [0, 0.05) is 12.1 Å². The van der Waals surface area contributed by atoms with E-state index in [9.17, 15) is 9.59 Å². The third-order valence-corrected chi connectivity index (χ3v) is 3.92. The molecule has 1 aromatic rings. The van der Waals surface area contributed by atoms with Crippen LogP contribution in [0.2, 0.25) is 0 Å². The predicted octanol–water partition coefficient (Wildman–Crippen LogP) is 2.49. The van der Waals surface area contributed by atoms with Crippen molar-refractivity contribution in [3.8, 4) is 17.6 Å². The average molecular weight is 345 g/mol. The summed E-state index contributed by atoms with van der Waals surface area (Å²) in [5.74, 6) is 0.199. The van der Waals surface area contributed by atoms with Gasteiger partial charge in [-0.15, -0.1) is 0 Å². The van der Waals surface area contributed by atoms with Crippen LogP contribution >= 0.6 is 0 Å². The highest BCUT2D eigenvalue weighted by molar-refractivity contribution is 5.95. The minimum Gasteiger partial charge on any atom is -0.490 e. The number of amides is 3. The van der Waals surface area contributed by atoms with Crippen LogP contribution in [-0.4, -0.2) is 31.2 Å². The normalized spacial score (nSPS) is 14.2. The molecule has 1 aliphatic carbocycles. The molecule has 1 aliphatic rings. The van der Waals surface area contributed by atoms with Crippen LogP contribution in [0.5, 0.6) is 11.5 Å². The Hall–Kier alpha value is -2.75. The van der Waals surface area contributed by atoms with Crippen LogP contribution in [-0.2, 0) is 4.79 Å². The number of nitriles is 1. The summed E-state index contributed by atoms with van der Waals surface area (Å²) >= 11 is 0. The number of ether oxygens (including phenoxy) is 2. The third-order valence-electron chi connectivity index (χ3n) is 3.92. The average Bonchev–Trinajstić information content (AvgIpc) is 2.61. The van der Waals surface area contributed by atoms with Crippen molar-refractivity contribution in [2.24, 2.45) is 0 Å². The topological polar surface area (TPSA) is 100 Å². The molecule has 0 heterocycles. The Kier molecular flexibility index (Phi) is 7.08. The van der Waals surface area contributed by atoms with E-state index in [1.54, 1.807) is 18.2 Å². The van der Waals surface area contributed by atoms with Crippen molar-refractivity contribution in [2.75, 3.05) is 13.2 Å². The Labute approximate surface area is 147 Å². The predicted molar refractivity (Wildman–Crippen MR) is 91.4 cm³/mol. The van der Waals surface area contributed by atoms with E-state index in [2.05, 4.69) is 10.6 Å². The van der Waals surface area contributed by atoms with E-state index in [0.29, 0.717) is 23.7 Å². The lowest BCUT2D eigenvalue weighted by atomic mass is 9.96. The van der Waals surface area contributed by atoms with Crippen molar-refractivity contribution in [2.45, 2.75) is 45.1 Å². The molecular formula is C18H23N3O4. The second-order valence-electron chi connectivity index (χ2n) is 5.85. The fourth-order valence-electron chi connectivity index (χ4n) is 2.74. The van der Waals surface area contributed by atoms with Gasteiger partial charge in [0.05, 0.1) is 18.2 Å². The molecule has 0 aliphatic heterocycles. The van der Waals surface area contributed by atoms with Gasteiger partial charge in [-0.25, -0.2) is 4.79 Å². The standard InChI is InChI=1S/C18H23N3O4/c1-2-24-16-10-13(11-19)8-9-15(16)25-12-17(22)21-18(23)20-14-6-4-3-5-7-14/h8-10,14H,2-7,12H2,1H3,(H2,20,21,22,23). The quantitative estimate of drug-likeness (QED) is 0.825. The molecule has 7 nitrogen and oxygen atoms in total. The SMILES string of the molecule is CCOc1cc(C#N)ccc1OCC(=O)NC(=O)NC1CCCCC1. The van der Waals surface area contributed by atoms with Gasteiger partial charge in [-0.3, -0.25) is 10.1 Å². The van der Waals surface area contributed by atoms with Gasteiger partial charge in [0.15, 0.2) is 18.1 Å². The second-order valence-corrected chi connectivity index (χ2v) is 5.85. The van der Waals surface area contributed by atoms with Crippen LogP contribution < -0.4 is 20.1 Å². The number of carbonyl (C=O) groups excluding carboxylic acids is 2. The lowest BCUT2D eigenvalue weighted by molar-refractivity contribution is -0.122. The van der Waals surface area contributed by atoms with Crippen molar-refractivity contribution in [3.05, 3.63) is 23.8 Å². The number of hydrogen-bond donors (Lipinski definition) is 2. The fraction of sp³-hybridized carbons (Fsp3) is 0.500. The molecule has 134 valence electrons. The minimum atomic E-state index is -0.542. The number of carbonyl (C=O) groups is 2. The van der Waals surface area contributed by atoms with Gasteiger partial charge in [-0.05, 0) is 31.9 Å². The van der Waals surface area contributed by atoms with Crippen LogP contribution in [0.1, 0.15) is 44.6 Å². The van der Waals surface area contributed by atoms with E-state index in [0.717, 1.165) is 25.7 Å². The molecule has 1 saturated carbocycles. The molecule has 1 fully saturated rings. The van der Waals surface area contributed by atoms with E-state index in [4.69, 9.17) is 14.7 Å². The van der Waals surface area contributed by atoms with Crippen molar-refractivity contribution in [3.63, 3.8) is 0 Å². The van der Waals surface area contributed by atoms with Gasteiger partial charge >= 0.3 is 6.03 Å². The van der Waals surface area contributed by atoms with E-state index < -0.39 is 11.9 Å². The zero-order chi connectivity index (χ0) is 18.1. The molecule has 0 bridgehead atoms. The summed E-state index contributed by atoms with van der Waals surface area (Å²) < 4.78 is 10.8. The molecule has 2 N–H and O–H groups in total. The Morgan fingerprint density at radius 1 is 1.20 bits per heavy atom. The Bertz CT molecular complexity index is 648. The van der Waals surface area contributed by atoms with Gasteiger partial charge in [-0.2, -0.15) is 5.26 Å². The molecule has 0 spiro atoms. The molecule has 0 saturated heterocycles. The highest BCUT2D eigenvalue weighted by Crippen LogP contribution is 2.28. The third kappa shape index (κ3) is 5.99. The highest BCUT2D eigenvalue weighted by atomic mass is 16.5. The number of nitrogens with one attached hydrogen (secondary N) is 2. The van der Waals surface area contributed by atoms with Crippen molar-refractivity contribution < 1.29 is 19.1 Å². The van der Waals surface area contributed by atoms with Crippen molar-refractivity contribution >= 4 is 11.9 Å². The largest absolute Gasteiger partial charge is 0.490 e. The first kappa shape index (κ1) is 18.6. The molecule has 0 aromatic heterocycles. The van der Waals surface area contributed by atoms with Crippen LogP contribution in [0.4, 0.5) is 4.79 Å². The maximum Gasteiger partial charge on any atom is 0.321 e. The van der Waals surface area contributed by atoms with Gasteiger partial charge in [-0.1, -0.05) is 19.3 Å². The number of benzene rings is 1. The summed E-state index contributed by atoms with van der Waals surface area (Å²) in [7, 11) is 0. The smallest absolute Gasteiger partial charge is 0.321 e. The van der Waals surface area contributed by atoms with Crippen molar-refractivity contribution in [1.29, 1.82) is 5.26 Å². The van der Waals surface area contributed by atoms with E-state index in [-0.39, 0.29) is 12.6 Å². The molecule has 3 amide bonds. The van der Waals surface area contributed by atoms with Gasteiger partial charge in [0.25, 0.3) is 5.91 Å². The first-order valence-electron chi connectivity index (χ1n) is 8.52. The monoisotopic (exact) mass is 345 g/mol. The molecule has 1 aromatic carbocycles. The van der Waals surface area contributed by atoms with Crippen LogP contribution in [0.3, 0.4) is 0 Å². The number of nitrogens with zero attached hydrogens (tertiary/aromatic N) is 1. The molecule has 0 unspecified atom stereocenters. The maximum absolute atomic E-state index is 11.9. The summed E-state index contributed by atoms with van der Waals surface area (Å²) in [6, 6.07) is 6.34. The molecule has 2 rings (SSSR count). The molecule has 0 atom stereocenters. The van der Waals surface area contributed by atoms with Crippen LogP contribution in [0.25, 0.3) is 0 Å². The summed E-state index contributed by atoms with van der Waals surface area (Å²) in [5.41, 5.74) is 0.437. The maximum atomic E-state index is 11.9. The number of urea groups is 1. The Morgan fingerprint density at radius 2 is 1.96 bits per heavy atom. The molecule has 7 heteroatoms. The first-order chi connectivity index (χ1) is 12.1. The molecular weight excluding hydrogens is 322 g/mol. The summed E-state index contributed by atoms with van der Waals surface area (Å²) in [6.45, 7) is 1.90. The lowest BCUT2D eigenvalue weighted by Crippen LogP contribution is -2.46. The van der Waals surface area contributed by atoms with E-state index in [1.807, 2.05) is 13.0 Å². The second kappa shape index (κ2) is 9.52. The first-order valence-corrected chi connectivity index (χ1v) is 8.52. The highest BCUT2D eigenvalue weighted by Gasteiger charge is 2.17. The number of rotatable bonds is 6. The molecule has 25 heavy (non-hydrogen) atoms. The number of hydrogen-bond acceptors (Lipinski definition) is 5. The Balaban J connectivity index is 1.82. The van der Waals surface area contributed by atoms with Crippen LogP contribution in [0, 0.1) is 11.3 Å². The number of imide groups is 1. The van der Waals surface area contributed by atoms with Gasteiger partial charge in [0.2, 0.25) is 0 Å².